The molecule has 3 rings (SSSR count). The number of halogens is 2. The van der Waals surface area contributed by atoms with Crippen molar-refractivity contribution in [2.75, 3.05) is 43.1 Å². The van der Waals surface area contributed by atoms with Crippen molar-refractivity contribution in [2.24, 2.45) is 0 Å². The molecule has 2 N–H and O–H groups in total. The molecule has 0 unspecified atom stereocenters. The monoisotopic (exact) mass is 424 g/mol. The number of aromatic carboxylic acids is 1. The molecule has 8 heteroatoms. The second kappa shape index (κ2) is 9.37. The number of hydrogen-bond acceptors (Lipinski definition) is 5. The highest BCUT2D eigenvalue weighted by atomic mass is 35.5. The van der Waals surface area contributed by atoms with Gasteiger partial charge in [0.05, 0.1) is 36.1 Å². The predicted molar refractivity (Wildman–Crippen MR) is 111 cm³/mol. The van der Waals surface area contributed by atoms with Gasteiger partial charge >= 0.3 is 5.97 Å². The third-order valence-corrected chi connectivity index (χ3v) is 4.93. The van der Waals surface area contributed by atoms with Gasteiger partial charge in [0.1, 0.15) is 5.75 Å². The van der Waals surface area contributed by atoms with Crippen molar-refractivity contribution in [3.8, 4) is 5.75 Å². The highest BCUT2D eigenvalue weighted by Crippen LogP contribution is 2.33. The molecule has 28 heavy (non-hydrogen) atoms. The van der Waals surface area contributed by atoms with E-state index in [0.29, 0.717) is 66.6 Å². The molecule has 150 valence electrons. The summed E-state index contributed by atoms with van der Waals surface area (Å²) in [6.45, 7) is 5.28. The largest absolute Gasteiger partial charge is 0.492 e. The summed E-state index contributed by atoms with van der Waals surface area (Å²) in [6, 6.07) is 8.75. The van der Waals surface area contributed by atoms with Crippen LogP contribution < -0.4 is 15.0 Å². The number of rotatable bonds is 7. The summed E-state index contributed by atoms with van der Waals surface area (Å²) in [5.74, 6) is -0.393. The zero-order chi connectivity index (χ0) is 20.1. The molecule has 0 atom stereocenters. The summed E-state index contributed by atoms with van der Waals surface area (Å²) in [6.07, 6.45) is 0. The number of carboxylic acids is 1. The van der Waals surface area contributed by atoms with E-state index in [0.717, 1.165) is 5.56 Å². The molecule has 0 aliphatic carbocycles. The summed E-state index contributed by atoms with van der Waals surface area (Å²) in [5.41, 5.74) is 2.43. The summed E-state index contributed by atoms with van der Waals surface area (Å²) < 4.78 is 11.0. The summed E-state index contributed by atoms with van der Waals surface area (Å²) in [4.78, 5) is 13.8. The molecule has 1 fully saturated rings. The van der Waals surface area contributed by atoms with Crippen molar-refractivity contribution < 1.29 is 19.4 Å². The van der Waals surface area contributed by atoms with Crippen molar-refractivity contribution in [3.05, 3.63) is 51.5 Å². The van der Waals surface area contributed by atoms with Crippen LogP contribution in [-0.4, -0.2) is 44.0 Å². The molecule has 2 aromatic carbocycles. The first-order chi connectivity index (χ1) is 13.5. The Morgan fingerprint density at radius 3 is 2.68 bits per heavy atom. The minimum Gasteiger partial charge on any atom is -0.492 e. The van der Waals surface area contributed by atoms with E-state index in [4.69, 9.17) is 32.7 Å². The molecule has 0 spiro atoms. The van der Waals surface area contributed by atoms with Gasteiger partial charge in [-0.2, -0.15) is 0 Å². The maximum absolute atomic E-state index is 11.8. The Bertz CT molecular complexity index is 854. The zero-order valence-corrected chi connectivity index (χ0v) is 17.0. The normalized spacial score (nSPS) is 14.0. The summed E-state index contributed by atoms with van der Waals surface area (Å²) in [7, 11) is 0. The average molecular weight is 425 g/mol. The number of nitrogens with zero attached hydrogens (tertiary/aromatic N) is 1. The molecule has 0 aromatic heterocycles. The summed E-state index contributed by atoms with van der Waals surface area (Å²) >= 11 is 12.4. The van der Waals surface area contributed by atoms with Crippen LogP contribution >= 0.6 is 23.2 Å². The first kappa shape index (κ1) is 20.6. The first-order valence-electron chi connectivity index (χ1n) is 9.04. The van der Waals surface area contributed by atoms with Gasteiger partial charge in [0.15, 0.2) is 0 Å². The average Bonchev–Trinajstić information content (AvgIpc) is 2.69. The molecule has 1 heterocycles. The van der Waals surface area contributed by atoms with E-state index in [1.165, 1.54) is 0 Å². The fourth-order valence-corrected chi connectivity index (χ4v) is 3.74. The van der Waals surface area contributed by atoms with Crippen molar-refractivity contribution in [1.82, 2.24) is 0 Å². The van der Waals surface area contributed by atoms with Gasteiger partial charge in [-0.05, 0) is 37.3 Å². The standard InChI is InChI=1S/C20H22Cl2N2O4/c1-2-28-19-13(9-14(21)10-17(19)22)12-23-15-3-4-18(16(11-15)20(25)26)24-5-7-27-8-6-24/h3-4,9-11,23H,2,5-8,12H2,1H3,(H,25,26). The number of morpholine rings is 1. The molecule has 1 saturated heterocycles. The number of ether oxygens (including phenoxy) is 2. The van der Waals surface area contributed by atoms with E-state index >= 15 is 0 Å². The van der Waals surface area contributed by atoms with Crippen molar-refractivity contribution in [2.45, 2.75) is 13.5 Å². The first-order valence-corrected chi connectivity index (χ1v) is 9.79. The molecule has 2 aromatic rings. The predicted octanol–water partition coefficient (Wildman–Crippen LogP) is 4.54. The Kier molecular flexibility index (Phi) is 6.88. The molecule has 1 aliphatic heterocycles. The van der Waals surface area contributed by atoms with Crippen LogP contribution in [0.3, 0.4) is 0 Å². The Morgan fingerprint density at radius 2 is 2.00 bits per heavy atom. The van der Waals surface area contributed by atoms with Crippen LogP contribution in [0.5, 0.6) is 5.75 Å². The lowest BCUT2D eigenvalue weighted by Crippen LogP contribution is -2.37. The Morgan fingerprint density at radius 1 is 1.25 bits per heavy atom. The number of carbonyl (C=O) groups is 1. The van der Waals surface area contributed by atoms with Crippen molar-refractivity contribution >= 4 is 40.5 Å². The number of carboxylic acid groups (broad SMARTS) is 1. The number of nitrogens with one attached hydrogen (secondary N) is 1. The maximum Gasteiger partial charge on any atom is 0.337 e. The second-order valence-corrected chi connectivity index (χ2v) is 7.14. The summed E-state index contributed by atoms with van der Waals surface area (Å²) in [5, 5.41) is 13.8. The van der Waals surface area contributed by atoms with Crippen LogP contribution in [0, 0.1) is 0 Å². The minimum absolute atomic E-state index is 0.251. The van der Waals surface area contributed by atoms with Crippen LogP contribution in [-0.2, 0) is 11.3 Å². The van der Waals surface area contributed by atoms with Crippen molar-refractivity contribution in [1.29, 1.82) is 0 Å². The Balaban J connectivity index is 1.82. The van der Waals surface area contributed by atoms with Gasteiger partial charge in [-0.3, -0.25) is 0 Å². The molecule has 0 amide bonds. The zero-order valence-electron chi connectivity index (χ0n) is 15.5. The lowest BCUT2D eigenvalue weighted by Gasteiger charge is -2.30. The van der Waals surface area contributed by atoms with E-state index in [9.17, 15) is 9.90 Å². The molecule has 0 saturated carbocycles. The van der Waals surface area contributed by atoms with Gasteiger partial charge in [0.25, 0.3) is 0 Å². The van der Waals surface area contributed by atoms with Crippen LogP contribution in [0.1, 0.15) is 22.8 Å². The minimum atomic E-state index is -0.967. The van der Waals surface area contributed by atoms with Gasteiger partial charge in [0.2, 0.25) is 0 Å². The van der Waals surface area contributed by atoms with E-state index in [1.807, 2.05) is 24.0 Å². The quantitative estimate of drug-likeness (QED) is 0.679. The van der Waals surface area contributed by atoms with Crippen LogP contribution in [0.4, 0.5) is 11.4 Å². The fourth-order valence-electron chi connectivity index (χ4n) is 3.15. The number of hydrogen-bond donors (Lipinski definition) is 2. The van der Waals surface area contributed by atoms with E-state index in [2.05, 4.69) is 5.32 Å². The third-order valence-electron chi connectivity index (χ3n) is 4.44. The van der Waals surface area contributed by atoms with Crippen molar-refractivity contribution in [3.63, 3.8) is 0 Å². The number of benzene rings is 2. The fraction of sp³-hybridized carbons (Fsp3) is 0.350. The van der Waals surface area contributed by atoms with E-state index in [1.54, 1.807) is 18.2 Å². The molecule has 6 nitrogen and oxygen atoms in total. The van der Waals surface area contributed by atoms with E-state index in [-0.39, 0.29) is 5.56 Å². The number of anilines is 2. The lowest BCUT2D eigenvalue weighted by molar-refractivity contribution is 0.0696. The molecule has 0 radical (unpaired) electrons. The molecule has 0 bridgehead atoms. The highest BCUT2D eigenvalue weighted by Gasteiger charge is 2.19. The Hall–Kier alpha value is -2.15. The lowest BCUT2D eigenvalue weighted by atomic mass is 10.1. The molecule has 1 aliphatic rings. The third kappa shape index (κ3) is 4.82. The van der Waals surface area contributed by atoms with Crippen LogP contribution in [0.25, 0.3) is 0 Å². The smallest absolute Gasteiger partial charge is 0.337 e. The highest BCUT2D eigenvalue weighted by molar-refractivity contribution is 6.35. The molecular weight excluding hydrogens is 403 g/mol. The molecular formula is C20H22Cl2N2O4. The van der Waals surface area contributed by atoms with Gasteiger partial charge in [-0.1, -0.05) is 23.2 Å². The van der Waals surface area contributed by atoms with Crippen LogP contribution in [0.2, 0.25) is 10.0 Å². The van der Waals surface area contributed by atoms with Gasteiger partial charge in [-0.15, -0.1) is 0 Å². The Labute approximate surface area is 174 Å². The maximum atomic E-state index is 11.8. The SMILES string of the molecule is CCOc1c(Cl)cc(Cl)cc1CNc1ccc(N2CCOCC2)c(C(=O)O)c1. The van der Waals surface area contributed by atoms with Crippen LogP contribution in [0.15, 0.2) is 30.3 Å². The second-order valence-electron chi connectivity index (χ2n) is 6.30. The van der Waals surface area contributed by atoms with Gasteiger partial charge in [0, 0.05) is 35.9 Å². The van der Waals surface area contributed by atoms with Gasteiger partial charge in [-0.25, -0.2) is 4.79 Å². The van der Waals surface area contributed by atoms with Gasteiger partial charge < -0.3 is 24.8 Å². The topological polar surface area (TPSA) is 71.0 Å². The van der Waals surface area contributed by atoms with E-state index < -0.39 is 5.97 Å².